The van der Waals surface area contributed by atoms with Crippen molar-refractivity contribution in [2.75, 3.05) is 24.7 Å². The predicted molar refractivity (Wildman–Crippen MR) is 137 cm³/mol. The molecule has 35 heavy (non-hydrogen) atoms. The van der Waals surface area contributed by atoms with Crippen LogP contribution in [0, 0.1) is 6.92 Å². The van der Waals surface area contributed by atoms with Gasteiger partial charge in [0.2, 0.25) is 0 Å². The summed E-state index contributed by atoms with van der Waals surface area (Å²) in [6, 6.07) is 22.8. The Bertz CT molecular complexity index is 1200. The van der Waals surface area contributed by atoms with Crippen LogP contribution in [0.5, 0.6) is 5.75 Å². The van der Waals surface area contributed by atoms with Crippen LogP contribution in [0.2, 0.25) is 0 Å². The summed E-state index contributed by atoms with van der Waals surface area (Å²) in [5, 5.41) is 2.89. The second-order valence-corrected chi connectivity index (χ2v) is 8.38. The second-order valence-electron chi connectivity index (χ2n) is 8.38. The van der Waals surface area contributed by atoms with E-state index < -0.39 is 0 Å². The molecule has 0 saturated carbocycles. The average molecular weight is 471 g/mol. The fraction of sp³-hybridized carbons (Fsp3) is 0.241. The van der Waals surface area contributed by atoms with Crippen molar-refractivity contribution >= 4 is 23.6 Å². The Labute approximate surface area is 206 Å². The third-order valence-corrected chi connectivity index (χ3v) is 5.72. The van der Waals surface area contributed by atoms with Crippen molar-refractivity contribution < 1.29 is 19.1 Å². The molecule has 0 atom stereocenters. The molecule has 0 aliphatic carbocycles. The van der Waals surface area contributed by atoms with E-state index in [0.29, 0.717) is 37.6 Å². The summed E-state index contributed by atoms with van der Waals surface area (Å²) < 4.78 is 11.3. The van der Waals surface area contributed by atoms with Gasteiger partial charge in [-0.3, -0.25) is 14.5 Å². The number of aryl methyl sites for hydroxylation is 1. The zero-order valence-electron chi connectivity index (χ0n) is 20.1. The second kappa shape index (κ2) is 11.5. The number of nitrogens with zero attached hydrogens (tertiary/aromatic N) is 1. The Morgan fingerprint density at radius 3 is 2.51 bits per heavy atom. The van der Waals surface area contributed by atoms with Gasteiger partial charge in [-0.2, -0.15) is 0 Å². The van der Waals surface area contributed by atoms with Gasteiger partial charge >= 0.3 is 0 Å². The van der Waals surface area contributed by atoms with E-state index in [2.05, 4.69) is 5.32 Å². The highest BCUT2D eigenvalue weighted by atomic mass is 16.5. The number of para-hydroxylation sites is 2. The third kappa shape index (κ3) is 6.16. The molecule has 0 unspecified atom stereocenters. The molecular formula is C29H30N2O4. The lowest BCUT2D eigenvalue weighted by Gasteiger charge is -2.30. The lowest BCUT2D eigenvalue weighted by Crippen LogP contribution is -2.36. The molecule has 1 heterocycles. The van der Waals surface area contributed by atoms with Gasteiger partial charge < -0.3 is 14.8 Å². The van der Waals surface area contributed by atoms with Gasteiger partial charge in [-0.05, 0) is 61.7 Å². The Kier molecular flexibility index (Phi) is 7.95. The van der Waals surface area contributed by atoms with Gasteiger partial charge in [0.05, 0.1) is 12.2 Å². The maximum atomic E-state index is 13.4. The largest absolute Gasteiger partial charge is 0.449 e. The minimum atomic E-state index is -0.208. The maximum Gasteiger partial charge on any atom is 0.294 e. The molecule has 6 heteroatoms. The Morgan fingerprint density at radius 2 is 1.77 bits per heavy atom. The minimum Gasteiger partial charge on any atom is -0.449 e. The van der Waals surface area contributed by atoms with Crippen LogP contribution in [0.25, 0.3) is 6.08 Å². The fourth-order valence-electron chi connectivity index (χ4n) is 3.80. The zero-order valence-corrected chi connectivity index (χ0v) is 20.1. The van der Waals surface area contributed by atoms with E-state index in [0.717, 1.165) is 23.2 Å². The zero-order chi connectivity index (χ0) is 24.6. The Hall–Kier alpha value is -3.90. The molecule has 3 aromatic carbocycles. The smallest absolute Gasteiger partial charge is 0.294 e. The first-order chi connectivity index (χ1) is 17.0. The summed E-state index contributed by atoms with van der Waals surface area (Å²) in [6.07, 6.45) is 2.48. The number of fused-ring (bicyclic) bond motifs is 1. The van der Waals surface area contributed by atoms with E-state index in [4.69, 9.17) is 9.47 Å². The highest BCUT2D eigenvalue weighted by molar-refractivity contribution is 6.09. The van der Waals surface area contributed by atoms with Crippen molar-refractivity contribution in [3.8, 4) is 5.75 Å². The molecule has 1 aliphatic heterocycles. The molecule has 6 nitrogen and oxygen atoms in total. The van der Waals surface area contributed by atoms with Gasteiger partial charge in [0, 0.05) is 25.3 Å². The molecule has 2 amide bonds. The van der Waals surface area contributed by atoms with E-state index in [9.17, 15) is 9.59 Å². The number of rotatable bonds is 9. The van der Waals surface area contributed by atoms with Crippen LogP contribution in [-0.4, -0.2) is 31.6 Å². The van der Waals surface area contributed by atoms with Crippen molar-refractivity contribution in [1.29, 1.82) is 0 Å². The van der Waals surface area contributed by atoms with E-state index >= 15 is 0 Å². The summed E-state index contributed by atoms with van der Waals surface area (Å²) in [5.74, 6) is 0.529. The van der Waals surface area contributed by atoms with Crippen LogP contribution in [0.3, 0.4) is 0 Å². The van der Waals surface area contributed by atoms with Crippen LogP contribution < -0.4 is 15.0 Å². The average Bonchev–Trinajstić information content (AvgIpc) is 2.88. The first-order valence-electron chi connectivity index (χ1n) is 11.9. The summed E-state index contributed by atoms with van der Waals surface area (Å²) in [4.78, 5) is 27.5. The van der Waals surface area contributed by atoms with Gasteiger partial charge in [-0.25, -0.2) is 0 Å². The normalized spacial score (nSPS) is 13.9. The lowest BCUT2D eigenvalue weighted by molar-refractivity contribution is -0.117. The molecule has 0 radical (unpaired) electrons. The number of anilines is 1. The summed E-state index contributed by atoms with van der Waals surface area (Å²) in [6.45, 7) is 6.29. The predicted octanol–water partition coefficient (Wildman–Crippen LogP) is 5.12. The highest BCUT2D eigenvalue weighted by Crippen LogP contribution is 2.36. The molecule has 0 bridgehead atoms. The summed E-state index contributed by atoms with van der Waals surface area (Å²) >= 11 is 0. The monoisotopic (exact) mass is 470 g/mol. The number of carbonyl (C=O) groups is 2. The van der Waals surface area contributed by atoms with Crippen LogP contribution >= 0.6 is 0 Å². The van der Waals surface area contributed by atoms with Gasteiger partial charge in [0.25, 0.3) is 11.8 Å². The van der Waals surface area contributed by atoms with E-state index in [1.165, 1.54) is 5.56 Å². The Morgan fingerprint density at radius 1 is 1.03 bits per heavy atom. The van der Waals surface area contributed by atoms with Crippen LogP contribution in [0.4, 0.5) is 5.69 Å². The first kappa shape index (κ1) is 24.2. The van der Waals surface area contributed by atoms with Gasteiger partial charge in [-0.1, -0.05) is 54.1 Å². The molecule has 0 saturated heterocycles. The topological polar surface area (TPSA) is 67.9 Å². The molecule has 0 aromatic heterocycles. The molecule has 3 aromatic rings. The van der Waals surface area contributed by atoms with Crippen LogP contribution in [0.15, 0.2) is 78.6 Å². The summed E-state index contributed by atoms with van der Waals surface area (Å²) in [5.41, 5.74) is 4.29. The Balaban J connectivity index is 1.49. The standard InChI is InChI=1S/C29H30N2O4/c1-3-34-18-6-17-30-28(32)24-15-13-22(14-16-24)19-27-29(33)31(20-23-11-9-21(2)10-12-23)25-7-4-5-8-26(25)35-27/h4-5,7-16,19H,3,6,17-18,20H2,1-2H3,(H,30,32). The van der Waals surface area contributed by atoms with Crippen molar-refractivity contribution in [2.24, 2.45) is 0 Å². The molecule has 0 fully saturated rings. The van der Waals surface area contributed by atoms with Crippen LogP contribution in [0.1, 0.15) is 40.4 Å². The van der Waals surface area contributed by atoms with E-state index in [-0.39, 0.29) is 17.6 Å². The first-order valence-corrected chi connectivity index (χ1v) is 11.9. The third-order valence-electron chi connectivity index (χ3n) is 5.72. The number of nitrogens with one attached hydrogen (secondary N) is 1. The van der Waals surface area contributed by atoms with E-state index in [1.54, 1.807) is 23.1 Å². The number of benzene rings is 3. The molecule has 1 N–H and O–H groups in total. The quantitative estimate of drug-likeness (QED) is 0.348. The van der Waals surface area contributed by atoms with E-state index in [1.807, 2.05) is 74.5 Å². The minimum absolute atomic E-state index is 0.135. The van der Waals surface area contributed by atoms with Crippen molar-refractivity contribution in [2.45, 2.75) is 26.8 Å². The highest BCUT2D eigenvalue weighted by Gasteiger charge is 2.30. The molecule has 0 spiro atoms. The molecule has 1 aliphatic rings. The molecular weight excluding hydrogens is 440 g/mol. The van der Waals surface area contributed by atoms with Crippen molar-refractivity contribution in [1.82, 2.24) is 5.32 Å². The number of ether oxygens (including phenoxy) is 2. The van der Waals surface area contributed by atoms with Gasteiger partial charge in [0.1, 0.15) is 0 Å². The van der Waals surface area contributed by atoms with Gasteiger partial charge in [0.15, 0.2) is 11.5 Å². The molecule has 180 valence electrons. The van der Waals surface area contributed by atoms with Gasteiger partial charge in [-0.15, -0.1) is 0 Å². The number of carbonyl (C=O) groups excluding carboxylic acids is 2. The van der Waals surface area contributed by atoms with Crippen molar-refractivity contribution in [3.63, 3.8) is 0 Å². The van der Waals surface area contributed by atoms with Crippen molar-refractivity contribution in [3.05, 3.63) is 101 Å². The number of hydrogen-bond acceptors (Lipinski definition) is 4. The summed E-state index contributed by atoms with van der Waals surface area (Å²) in [7, 11) is 0. The SMILES string of the molecule is CCOCCCNC(=O)c1ccc(C=C2Oc3ccccc3N(Cc3ccc(C)cc3)C2=O)cc1. The van der Waals surface area contributed by atoms with Crippen LogP contribution in [-0.2, 0) is 16.1 Å². The number of amides is 2. The number of hydrogen-bond donors (Lipinski definition) is 1. The lowest BCUT2D eigenvalue weighted by atomic mass is 10.1. The fourth-order valence-corrected chi connectivity index (χ4v) is 3.80. The molecule has 4 rings (SSSR count). The maximum absolute atomic E-state index is 13.4.